The summed E-state index contributed by atoms with van der Waals surface area (Å²) in [6, 6.07) is 4.55. The lowest BCUT2D eigenvalue weighted by molar-refractivity contribution is -0.117. The minimum atomic E-state index is -0.290. The number of fused-ring (bicyclic) bond motifs is 1. The number of anilines is 1. The summed E-state index contributed by atoms with van der Waals surface area (Å²) >= 11 is 0. The van der Waals surface area contributed by atoms with Gasteiger partial charge in [-0.15, -0.1) is 0 Å². The number of likely N-dealkylation sites (tertiary alicyclic amines) is 1. The first-order chi connectivity index (χ1) is 12.1. The fourth-order valence-corrected chi connectivity index (χ4v) is 3.36. The van der Waals surface area contributed by atoms with Crippen LogP contribution in [-0.4, -0.2) is 43.6 Å². The maximum Gasteiger partial charge on any atom is 0.238 e. The number of aromatic amines is 1. The molecule has 2 aromatic heterocycles. The van der Waals surface area contributed by atoms with Gasteiger partial charge in [-0.2, -0.15) is 5.10 Å². The quantitative estimate of drug-likeness (QED) is 0.762. The van der Waals surface area contributed by atoms with Gasteiger partial charge in [0.25, 0.3) is 0 Å². The summed E-state index contributed by atoms with van der Waals surface area (Å²) in [5, 5.41) is 6.89. The van der Waals surface area contributed by atoms with Crippen molar-refractivity contribution in [1.29, 1.82) is 0 Å². The topological polar surface area (TPSA) is 78.8 Å². The van der Waals surface area contributed by atoms with Crippen molar-refractivity contribution in [2.24, 2.45) is 7.05 Å². The highest BCUT2D eigenvalue weighted by Gasteiger charge is 2.30. The summed E-state index contributed by atoms with van der Waals surface area (Å²) in [4.78, 5) is 22.2. The van der Waals surface area contributed by atoms with E-state index in [4.69, 9.17) is 0 Å². The van der Waals surface area contributed by atoms with Gasteiger partial charge in [0.1, 0.15) is 11.6 Å². The summed E-state index contributed by atoms with van der Waals surface area (Å²) in [6.07, 6.45) is 5.29. The summed E-state index contributed by atoms with van der Waals surface area (Å²) < 4.78 is 15.0. The molecule has 25 heavy (non-hydrogen) atoms. The fourth-order valence-electron chi connectivity index (χ4n) is 3.36. The molecule has 0 spiro atoms. The molecule has 0 saturated carbocycles. The highest BCUT2D eigenvalue weighted by atomic mass is 19.1. The molecule has 1 amide bonds. The molecule has 3 aromatic rings. The zero-order chi connectivity index (χ0) is 17.4. The van der Waals surface area contributed by atoms with Gasteiger partial charge in [-0.3, -0.25) is 14.4 Å². The molecule has 0 unspecified atom stereocenters. The first-order valence-corrected chi connectivity index (χ1v) is 8.26. The second kappa shape index (κ2) is 6.29. The molecular weight excluding hydrogens is 323 g/mol. The van der Waals surface area contributed by atoms with E-state index in [0.717, 1.165) is 30.7 Å². The molecule has 1 aliphatic rings. The second-order valence-corrected chi connectivity index (χ2v) is 6.36. The third-order valence-electron chi connectivity index (χ3n) is 4.48. The number of hydrogen-bond acceptors (Lipinski definition) is 4. The van der Waals surface area contributed by atoms with Crippen LogP contribution in [0.15, 0.2) is 30.6 Å². The number of imidazole rings is 1. The van der Waals surface area contributed by atoms with E-state index < -0.39 is 0 Å². The number of benzene rings is 1. The Kier molecular flexibility index (Phi) is 3.96. The van der Waals surface area contributed by atoms with Crippen LogP contribution in [0.1, 0.15) is 24.7 Å². The van der Waals surface area contributed by atoms with Gasteiger partial charge >= 0.3 is 0 Å². The van der Waals surface area contributed by atoms with Crippen molar-refractivity contribution < 1.29 is 9.18 Å². The molecule has 130 valence electrons. The molecule has 2 N–H and O–H groups in total. The predicted octanol–water partition coefficient (Wildman–Crippen LogP) is 2.21. The van der Waals surface area contributed by atoms with E-state index in [9.17, 15) is 9.18 Å². The van der Waals surface area contributed by atoms with Crippen molar-refractivity contribution in [3.05, 3.63) is 42.2 Å². The van der Waals surface area contributed by atoms with Gasteiger partial charge in [-0.05, 0) is 37.6 Å². The van der Waals surface area contributed by atoms with E-state index >= 15 is 0 Å². The van der Waals surface area contributed by atoms with Crippen LogP contribution in [0.25, 0.3) is 11.0 Å². The molecule has 7 nitrogen and oxygen atoms in total. The first-order valence-electron chi connectivity index (χ1n) is 8.26. The van der Waals surface area contributed by atoms with Crippen LogP contribution in [-0.2, 0) is 11.8 Å². The minimum Gasteiger partial charge on any atom is -0.341 e. The summed E-state index contributed by atoms with van der Waals surface area (Å²) in [5.74, 6) is 0.413. The Morgan fingerprint density at radius 2 is 2.36 bits per heavy atom. The lowest BCUT2D eigenvalue weighted by atomic mass is 10.2. The molecule has 1 fully saturated rings. The Hall–Kier alpha value is -2.74. The normalized spacial score (nSPS) is 18.1. The number of aryl methyl sites for hydroxylation is 1. The van der Waals surface area contributed by atoms with E-state index in [2.05, 4.69) is 25.3 Å². The molecule has 1 aromatic carbocycles. The smallest absolute Gasteiger partial charge is 0.238 e. The third kappa shape index (κ3) is 3.25. The van der Waals surface area contributed by atoms with Gasteiger partial charge in [-0.1, -0.05) is 0 Å². The third-order valence-corrected chi connectivity index (χ3v) is 4.48. The van der Waals surface area contributed by atoms with Gasteiger partial charge in [0.15, 0.2) is 0 Å². The summed E-state index contributed by atoms with van der Waals surface area (Å²) in [6.45, 7) is 1.11. The SMILES string of the molecule is Cn1cc(NC(=O)CN2CCC[C@H]2c2nc3ccc(F)cc3[nH]2)cn1. The Morgan fingerprint density at radius 3 is 3.16 bits per heavy atom. The van der Waals surface area contributed by atoms with Crippen molar-refractivity contribution in [2.45, 2.75) is 18.9 Å². The van der Waals surface area contributed by atoms with Crippen LogP contribution in [0.5, 0.6) is 0 Å². The zero-order valence-corrected chi connectivity index (χ0v) is 13.9. The first kappa shape index (κ1) is 15.8. The number of halogens is 1. The van der Waals surface area contributed by atoms with E-state index in [0.29, 0.717) is 11.2 Å². The molecular formula is C17H19FN6O. The van der Waals surface area contributed by atoms with Gasteiger partial charge in [0.05, 0.1) is 35.5 Å². The van der Waals surface area contributed by atoms with Gasteiger partial charge in [0.2, 0.25) is 5.91 Å². The number of hydrogen-bond donors (Lipinski definition) is 2. The predicted molar refractivity (Wildman–Crippen MR) is 91.4 cm³/mol. The van der Waals surface area contributed by atoms with Crippen molar-refractivity contribution in [2.75, 3.05) is 18.4 Å². The van der Waals surface area contributed by atoms with Crippen molar-refractivity contribution >= 4 is 22.6 Å². The van der Waals surface area contributed by atoms with Crippen molar-refractivity contribution in [3.63, 3.8) is 0 Å². The molecule has 8 heteroatoms. The van der Waals surface area contributed by atoms with E-state index in [1.165, 1.54) is 12.1 Å². The highest BCUT2D eigenvalue weighted by molar-refractivity contribution is 5.92. The lowest BCUT2D eigenvalue weighted by Gasteiger charge is -2.21. The average Bonchev–Trinajstić information content (AvgIpc) is 3.26. The number of carbonyl (C=O) groups excluding carboxylic acids is 1. The van der Waals surface area contributed by atoms with Crippen LogP contribution in [0.4, 0.5) is 10.1 Å². The molecule has 3 heterocycles. The zero-order valence-electron chi connectivity index (χ0n) is 13.9. The Morgan fingerprint density at radius 1 is 1.48 bits per heavy atom. The molecule has 4 rings (SSSR count). The minimum absolute atomic E-state index is 0.0371. The number of rotatable bonds is 4. The number of H-pyrrole nitrogens is 1. The number of nitrogens with zero attached hydrogens (tertiary/aromatic N) is 4. The molecule has 1 aliphatic heterocycles. The second-order valence-electron chi connectivity index (χ2n) is 6.36. The van der Waals surface area contributed by atoms with Crippen LogP contribution in [0, 0.1) is 5.82 Å². The maximum absolute atomic E-state index is 13.4. The average molecular weight is 342 g/mol. The van der Waals surface area contributed by atoms with Crippen LogP contribution in [0.3, 0.4) is 0 Å². The lowest BCUT2D eigenvalue weighted by Crippen LogP contribution is -2.33. The van der Waals surface area contributed by atoms with E-state index in [-0.39, 0.29) is 24.3 Å². The summed E-state index contributed by atoms with van der Waals surface area (Å²) in [7, 11) is 1.80. The summed E-state index contributed by atoms with van der Waals surface area (Å²) in [5.41, 5.74) is 2.10. The Labute approximate surface area is 143 Å². The molecule has 0 bridgehead atoms. The Balaban J connectivity index is 1.48. The molecule has 0 aliphatic carbocycles. The van der Waals surface area contributed by atoms with Crippen molar-refractivity contribution in [3.8, 4) is 0 Å². The monoisotopic (exact) mass is 342 g/mol. The number of aromatic nitrogens is 4. The Bertz CT molecular complexity index is 917. The molecule has 1 saturated heterocycles. The molecule has 0 radical (unpaired) electrons. The van der Waals surface area contributed by atoms with Gasteiger partial charge in [-0.25, -0.2) is 9.37 Å². The number of amides is 1. The van der Waals surface area contributed by atoms with Crippen LogP contribution < -0.4 is 5.32 Å². The molecule has 1 atom stereocenters. The number of nitrogens with one attached hydrogen (secondary N) is 2. The van der Waals surface area contributed by atoms with Gasteiger partial charge < -0.3 is 10.3 Å². The maximum atomic E-state index is 13.4. The largest absolute Gasteiger partial charge is 0.341 e. The standard InChI is InChI=1S/C17H19FN6O/c1-23-9-12(8-19-23)20-16(25)10-24-6-2-3-15(24)17-21-13-5-4-11(18)7-14(13)22-17/h4-5,7-9,15H,2-3,6,10H2,1H3,(H,20,25)(H,21,22)/t15-/m0/s1. The van der Waals surface area contributed by atoms with Crippen LogP contribution in [0.2, 0.25) is 0 Å². The highest BCUT2D eigenvalue weighted by Crippen LogP contribution is 2.31. The van der Waals surface area contributed by atoms with E-state index in [1.54, 1.807) is 30.2 Å². The number of carbonyl (C=O) groups is 1. The fraction of sp³-hybridized carbons (Fsp3) is 0.353. The van der Waals surface area contributed by atoms with Crippen LogP contribution >= 0.6 is 0 Å². The van der Waals surface area contributed by atoms with E-state index in [1.807, 2.05) is 0 Å². The van der Waals surface area contributed by atoms with Gasteiger partial charge in [0, 0.05) is 13.2 Å². The van der Waals surface area contributed by atoms with Crippen molar-refractivity contribution in [1.82, 2.24) is 24.6 Å².